The Kier molecular flexibility index (Phi) is 5.77. The molecular weight excluding hydrogens is 406 g/mol. The Morgan fingerprint density at radius 1 is 1.14 bits per heavy atom. The Labute approximate surface area is 176 Å². The summed E-state index contributed by atoms with van der Waals surface area (Å²) in [6, 6.07) is 8.47. The lowest BCUT2D eigenvalue weighted by atomic mass is 10.0. The highest BCUT2D eigenvalue weighted by molar-refractivity contribution is 7.91. The summed E-state index contributed by atoms with van der Waals surface area (Å²) in [5.41, 5.74) is 2.81. The summed E-state index contributed by atoms with van der Waals surface area (Å²) in [7, 11) is -2.88. The van der Waals surface area contributed by atoms with Gasteiger partial charge >= 0.3 is 0 Å². The van der Waals surface area contributed by atoms with E-state index in [2.05, 4.69) is 48.0 Å². The van der Waals surface area contributed by atoms with Crippen LogP contribution < -0.4 is 0 Å². The zero-order valence-electron chi connectivity index (χ0n) is 16.9. The van der Waals surface area contributed by atoms with Crippen molar-refractivity contribution in [2.45, 2.75) is 32.2 Å². The first-order valence-corrected chi connectivity index (χ1v) is 12.8. The first-order valence-electron chi connectivity index (χ1n) is 10.1. The van der Waals surface area contributed by atoms with Gasteiger partial charge < -0.3 is 4.90 Å². The molecule has 0 saturated carbocycles. The van der Waals surface area contributed by atoms with Crippen molar-refractivity contribution in [2.75, 3.05) is 37.7 Å². The number of carbonyl (C=O) groups is 1. The van der Waals surface area contributed by atoms with Crippen molar-refractivity contribution in [1.82, 2.24) is 14.8 Å². The summed E-state index contributed by atoms with van der Waals surface area (Å²) in [5.74, 6) is 0.994. The van der Waals surface area contributed by atoms with Crippen LogP contribution in [0.1, 0.15) is 42.2 Å². The Balaban J connectivity index is 1.37. The van der Waals surface area contributed by atoms with Gasteiger partial charge in [-0.3, -0.25) is 9.69 Å². The number of rotatable bonds is 4. The Morgan fingerprint density at radius 2 is 1.83 bits per heavy atom. The third-order valence-corrected chi connectivity index (χ3v) is 8.52. The molecule has 29 heavy (non-hydrogen) atoms. The van der Waals surface area contributed by atoms with Crippen LogP contribution in [0.2, 0.25) is 0 Å². The molecule has 0 aliphatic carbocycles. The van der Waals surface area contributed by atoms with Crippen LogP contribution in [-0.4, -0.2) is 72.8 Å². The van der Waals surface area contributed by atoms with Gasteiger partial charge in [0.15, 0.2) is 9.84 Å². The highest BCUT2D eigenvalue weighted by Crippen LogP contribution is 2.27. The lowest BCUT2D eigenvalue weighted by molar-refractivity contribution is 0.0583. The lowest BCUT2D eigenvalue weighted by Crippen LogP contribution is -2.52. The van der Waals surface area contributed by atoms with Crippen LogP contribution >= 0.6 is 11.3 Å². The zero-order chi connectivity index (χ0) is 20.6. The van der Waals surface area contributed by atoms with E-state index >= 15 is 0 Å². The molecule has 1 amide bonds. The molecule has 1 aromatic carbocycles. The van der Waals surface area contributed by atoms with Crippen LogP contribution in [0.5, 0.6) is 0 Å². The van der Waals surface area contributed by atoms with Crippen LogP contribution in [0, 0.1) is 0 Å². The molecule has 1 aromatic heterocycles. The van der Waals surface area contributed by atoms with Gasteiger partial charge in [-0.15, -0.1) is 11.3 Å². The van der Waals surface area contributed by atoms with Crippen molar-refractivity contribution < 1.29 is 13.2 Å². The first kappa shape index (κ1) is 20.5. The van der Waals surface area contributed by atoms with Crippen LogP contribution in [-0.2, 0) is 9.84 Å². The van der Waals surface area contributed by atoms with E-state index in [1.165, 1.54) is 16.9 Å². The highest BCUT2D eigenvalue weighted by atomic mass is 32.2. The van der Waals surface area contributed by atoms with Gasteiger partial charge in [0.05, 0.1) is 11.5 Å². The second-order valence-corrected chi connectivity index (χ2v) is 11.3. The maximum absolute atomic E-state index is 12.9. The van der Waals surface area contributed by atoms with E-state index in [0.29, 0.717) is 31.1 Å². The molecule has 2 aliphatic heterocycles. The molecule has 2 fully saturated rings. The molecule has 6 nitrogen and oxygen atoms in total. The number of amides is 1. The van der Waals surface area contributed by atoms with Gasteiger partial charge in [-0.2, -0.15) is 0 Å². The smallest absolute Gasteiger partial charge is 0.273 e. The van der Waals surface area contributed by atoms with Crippen molar-refractivity contribution in [3.05, 3.63) is 40.9 Å². The van der Waals surface area contributed by atoms with Crippen molar-refractivity contribution in [3.8, 4) is 10.6 Å². The summed E-state index contributed by atoms with van der Waals surface area (Å²) in [4.78, 5) is 21.5. The van der Waals surface area contributed by atoms with Gasteiger partial charge in [-0.05, 0) is 17.9 Å². The minimum Gasteiger partial charge on any atom is -0.335 e. The molecule has 0 N–H and O–H groups in total. The fourth-order valence-electron chi connectivity index (χ4n) is 4.03. The lowest BCUT2D eigenvalue weighted by Gasteiger charge is -2.37. The van der Waals surface area contributed by atoms with Gasteiger partial charge in [0.1, 0.15) is 10.7 Å². The normalized spacial score (nSPS) is 22.3. The predicted octanol–water partition coefficient (Wildman–Crippen LogP) is 2.88. The van der Waals surface area contributed by atoms with E-state index < -0.39 is 9.84 Å². The molecule has 3 heterocycles. The van der Waals surface area contributed by atoms with Gasteiger partial charge in [0.2, 0.25) is 0 Å². The van der Waals surface area contributed by atoms with Crippen LogP contribution in [0.4, 0.5) is 0 Å². The molecule has 2 saturated heterocycles. The van der Waals surface area contributed by atoms with Crippen LogP contribution in [0.25, 0.3) is 10.6 Å². The van der Waals surface area contributed by atoms with Gasteiger partial charge in [-0.25, -0.2) is 13.4 Å². The molecular formula is C21H27N3O3S2. The van der Waals surface area contributed by atoms with Crippen LogP contribution in [0.3, 0.4) is 0 Å². The van der Waals surface area contributed by atoms with Crippen molar-refractivity contribution in [1.29, 1.82) is 0 Å². The third kappa shape index (κ3) is 4.54. The number of benzene rings is 1. The Bertz CT molecular complexity index is 975. The van der Waals surface area contributed by atoms with Gasteiger partial charge in [-0.1, -0.05) is 38.1 Å². The van der Waals surface area contributed by atoms with Crippen molar-refractivity contribution in [3.63, 3.8) is 0 Å². The number of thiazole rings is 1. The Morgan fingerprint density at radius 3 is 2.41 bits per heavy atom. The topological polar surface area (TPSA) is 70.6 Å². The second kappa shape index (κ2) is 8.16. The number of nitrogens with zero attached hydrogens (tertiary/aromatic N) is 3. The third-order valence-electron chi connectivity index (χ3n) is 5.87. The van der Waals surface area contributed by atoms with Gasteiger partial charge in [0.25, 0.3) is 5.91 Å². The van der Waals surface area contributed by atoms with Gasteiger partial charge in [0, 0.05) is 43.2 Å². The fraction of sp³-hybridized carbons (Fsp3) is 0.524. The Hall–Kier alpha value is -1.77. The number of aromatic nitrogens is 1. The number of piperazine rings is 1. The molecule has 8 heteroatoms. The summed E-state index contributed by atoms with van der Waals surface area (Å²) in [6.45, 7) is 7.01. The molecule has 4 rings (SSSR count). The molecule has 2 aliphatic rings. The molecule has 0 spiro atoms. The SMILES string of the molecule is CC(C)c1ccc(-c2nc(C(=O)N3CCN(C4CCS(=O)(=O)C4)CC3)cs2)cc1. The minimum absolute atomic E-state index is 0.0370. The fourth-order valence-corrected chi connectivity index (χ4v) is 6.59. The van der Waals surface area contributed by atoms with Crippen molar-refractivity contribution >= 4 is 27.1 Å². The van der Waals surface area contributed by atoms with E-state index in [0.717, 1.165) is 23.7 Å². The monoisotopic (exact) mass is 433 g/mol. The predicted molar refractivity (Wildman–Crippen MR) is 116 cm³/mol. The second-order valence-electron chi connectivity index (χ2n) is 8.20. The molecule has 0 bridgehead atoms. The average molecular weight is 434 g/mol. The minimum atomic E-state index is -2.88. The highest BCUT2D eigenvalue weighted by Gasteiger charge is 2.34. The maximum Gasteiger partial charge on any atom is 0.273 e. The summed E-state index contributed by atoms with van der Waals surface area (Å²) in [6.07, 6.45) is 0.710. The number of carbonyl (C=O) groups excluding carboxylic acids is 1. The average Bonchev–Trinajstić information content (AvgIpc) is 3.34. The van der Waals surface area contributed by atoms with Crippen LogP contribution in [0.15, 0.2) is 29.6 Å². The maximum atomic E-state index is 12.9. The van der Waals surface area contributed by atoms with Crippen molar-refractivity contribution in [2.24, 2.45) is 0 Å². The van der Waals surface area contributed by atoms with E-state index in [4.69, 9.17) is 0 Å². The van der Waals surface area contributed by atoms with E-state index in [1.54, 1.807) is 0 Å². The zero-order valence-corrected chi connectivity index (χ0v) is 18.5. The molecule has 2 aromatic rings. The number of hydrogen-bond acceptors (Lipinski definition) is 6. The van der Waals surface area contributed by atoms with E-state index in [9.17, 15) is 13.2 Å². The molecule has 1 unspecified atom stereocenters. The van der Waals surface area contributed by atoms with E-state index in [1.807, 2.05) is 10.3 Å². The summed E-state index contributed by atoms with van der Waals surface area (Å²) in [5, 5.41) is 2.70. The van der Waals surface area contributed by atoms with E-state index in [-0.39, 0.29) is 23.5 Å². The molecule has 0 radical (unpaired) electrons. The quantitative estimate of drug-likeness (QED) is 0.742. The number of hydrogen-bond donors (Lipinski definition) is 0. The largest absolute Gasteiger partial charge is 0.335 e. The summed E-state index contributed by atoms with van der Waals surface area (Å²) < 4.78 is 23.4. The summed E-state index contributed by atoms with van der Waals surface area (Å²) >= 11 is 1.49. The number of sulfone groups is 1. The first-order chi connectivity index (χ1) is 13.8. The molecule has 156 valence electrons. The standard InChI is InChI=1S/C21H27N3O3S2/c1-15(2)16-3-5-17(6-4-16)20-22-19(13-28-20)21(25)24-10-8-23(9-11-24)18-7-12-29(26,27)14-18/h3-6,13,15,18H,7-12,14H2,1-2H3. The molecule has 1 atom stereocenters.